The van der Waals surface area contributed by atoms with Crippen molar-refractivity contribution in [3.05, 3.63) is 110 Å². The third-order valence-electron chi connectivity index (χ3n) is 6.91. The molecule has 4 aromatic carbocycles. The third-order valence-corrected chi connectivity index (χ3v) is 7.49. The minimum atomic E-state index is -0.368. The minimum absolute atomic E-state index is 0.153. The Balaban J connectivity index is 1.41. The van der Waals surface area contributed by atoms with E-state index in [1.807, 2.05) is 24.3 Å². The van der Waals surface area contributed by atoms with Crippen LogP contribution in [0.5, 0.6) is 23.0 Å². The summed E-state index contributed by atoms with van der Waals surface area (Å²) in [6.45, 7) is 0.153. The van der Waals surface area contributed by atoms with E-state index in [0.717, 1.165) is 10.9 Å². The number of hydrogen-bond acceptors (Lipinski definition) is 8. The van der Waals surface area contributed by atoms with Gasteiger partial charge in [-0.05, 0) is 54.6 Å². The number of fused-ring (bicyclic) bond motifs is 2. The van der Waals surface area contributed by atoms with Gasteiger partial charge in [-0.2, -0.15) is 9.78 Å². The molecular weight excluding hydrogens is 605 g/mol. The second-order valence-electron chi connectivity index (χ2n) is 9.58. The van der Waals surface area contributed by atoms with E-state index < -0.39 is 0 Å². The van der Waals surface area contributed by atoms with Crippen molar-refractivity contribution in [1.82, 2.24) is 9.66 Å². The fraction of sp³-hybridized carbons (Fsp3) is 0.121. The molecule has 0 aliphatic carbocycles. The van der Waals surface area contributed by atoms with E-state index in [9.17, 15) is 4.79 Å². The molecule has 44 heavy (non-hydrogen) atoms. The zero-order valence-corrected chi connectivity index (χ0v) is 25.3. The normalized spacial score (nSPS) is 11.4. The van der Waals surface area contributed by atoms with Crippen molar-refractivity contribution in [3.8, 4) is 34.6 Å². The van der Waals surface area contributed by atoms with Gasteiger partial charge in [-0.1, -0.05) is 47.5 Å². The number of nitrogens with zero attached hydrogens (tertiary/aromatic N) is 3. The SMILES string of the molecule is COc1cc(C=Nn2c(-c3cc4c(OC)cccc4o3)nc3ccccc3c2=O)cc(OC)c1OCc1ccc(Cl)cc1Cl. The highest BCUT2D eigenvalue weighted by atomic mass is 35.5. The number of aromatic nitrogens is 2. The van der Waals surface area contributed by atoms with Crippen LogP contribution in [0.1, 0.15) is 11.1 Å². The lowest BCUT2D eigenvalue weighted by atomic mass is 10.2. The summed E-state index contributed by atoms with van der Waals surface area (Å²) in [5.41, 5.74) is 2.05. The molecule has 11 heteroatoms. The van der Waals surface area contributed by atoms with Crippen LogP contribution in [-0.4, -0.2) is 37.2 Å². The molecule has 0 fully saturated rings. The summed E-state index contributed by atoms with van der Waals surface area (Å²) in [4.78, 5) is 18.4. The quantitative estimate of drug-likeness (QED) is 0.152. The van der Waals surface area contributed by atoms with Gasteiger partial charge in [0.15, 0.2) is 17.3 Å². The van der Waals surface area contributed by atoms with Crippen molar-refractivity contribution in [2.24, 2.45) is 5.10 Å². The standard InChI is InChI=1S/C33H25Cl2N3O6/c1-40-26-9-6-10-27-23(26)16-30(44-27)32-37-25-8-5-4-7-22(25)33(39)38(32)36-17-19-13-28(41-2)31(29(14-19)42-3)43-18-20-11-12-21(34)15-24(20)35/h4-17H,18H2,1-3H3. The summed E-state index contributed by atoms with van der Waals surface area (Å²) in [7, 11) is 4.62. The molecule has 0 radical (unpaired) electrons. The summed E-state index contributed by atoms with van der Waals surface area (Å²) in [6, 6.07) is 22.9. The Bertz CT molecular complexity index is 2080. The van der Waals surface area contributed by atoms with Gasteiger partial charge in [-0.25, -0.2) is 4.98 Å². The topological polar surface area (TPSA) is 97.3 Å². The van der Waals surface area contributed by atoms with Gasteiger partial charge in [0.25, 0.3) is 5.56 Å². The number of ether oxygens (including phenoxy) is 4. The van der Waals surface area contributed by atoms with Gasteiger partial charge in [0, 0.05) is 21.2 Å². The van der Waals surface area contributed by atoms with E-state index in [0.29, 0.717) is 60.9 Å². The number of halogens is 2. The Kier molecular flexibility index (Phi) is 8.15. The van der Waals surface area contributed by atoms with Crippen LogP contribution in [0.4, 0.5) is 0 Å². The lowest BCUT2D eigenvalue weighted by Crippen LogP contribution is -2.20. The molecule has 0 spiro atoms. The van der Waals surface area contributed by atoms with Crippen molar-refractivity contribution in [3.63, 3.8) is 0 Å². The monoisotopic (exact) mass is 629 g/mol. The highest BCUT2D eigenvalue weighted by Gasteiger charge is 2.19. The van der Waals surface area contributed by atoms with Crippen molar-refractivity contribution in [1.29, 1.82) is 0 Å². The molecule has 6 rings (SSSR count). The van der Waals surface area contributed by atoms with E-state index >= 15 is 0 Å². The van der Waals surface area contributed by atoms with Crippen molar-refractivity contribution in [2.75, 3.05) is 21.3 Å². The van der Waals surface area contributed by atoms with Crippen molar-refractivity contribution >= 4 is 51.3 Å². The average molecular weight is 630 g/mol. The summed E-state index contributed by atoms with van der Waals surface area (Å²) in [5.74, 6) is 2.37. The Morgan fingerprint density at radius 2 is 1.61 bits per heavy atom. The average Bonchev–Trinajstić information content (AvgIpc) is 3.48. The first-order valence-corrected chi connectivity index (χ1v) is 14.1. The van der Waals surface area contributed by atoms with Crippen molar-refractivity contribution < 1.29 is 23.4 Å². The van der Waals surface area contributed by atoms with Crippen LogP contribution < -0.4 is 24.5 Å². The number of benzene rings is 4. The van der Waals surface area contributed by atoms with Gasteiger partial charge in [-0.15, -0.1) is 0 Å². The molecule has 222 valence electrons. The predicted octanol–water partition coefficient (Wildman–Crippen LogP) is 7.60. The van der Waals surface area contributed by atoms with Gasteiger partial charge >= 0.3 is 0 Å². The minimum Gasteiger partial charge on any atom is -0.496 e. The number of hydrogen-bond donors (Lipinski definition) is 0. The molecule has 9 nitrogen and oxygen atoms in total. The number of furan rings is 1. The number of para-hydroxylation sites is 1. The van der Waals surface area contributed by atoms with Crippen molar-refractivity contribution in [2.45, 2.75) is 6.61 Å². The van der Waals surface area contributed by atoms with Gasteiger partial charge in [0.05, 0.1) is 43.8 Å². The van der Waals surface area contributed by atoms with Crippen LogP contribution in [0.25, 0.3) is 33.5 Å². The molecule has 0 unspecified atom stereocenters. The first-order valence-electron chi connectivity index (χ1n) is 13.4. The van der Waals surface area contributed by atoms with E-state index in [1.54, 1.807) is 61.7 Å². The second-order valence-corrected chi connectivity index (χ2v) is 10.4. The van der Waals surface area contributed by atoms with Crippen LogP contribution >= 0.6 is 23.2 Å². The maximum absolute atomic E-state index is 13.7. The molecule has 6 aromatic rings. The molecule has 0 atom stereocenters. The Morgan fingerprint density at radius 1 is 0.864 bits per heavy atom. The van der Waals surface area contributed by atoms with E-state index in [1.165, 1.54) is 25.1 Å². The molecule has 0 N–H and O–H groups in total. The molecule has 0 bridgehead atoms. The Labute approximate surface area is 261 Å². The van der Waals surface area contributed by atoms with E-state index in [2.05, 4.69) is 5.10 Å². The molecule has 0 aliphatic heterocycles. The zero-order chi connectivity index (χ0) is 30.8. The van der Waals surface area contributed by atoms with Crippen LogP contribution in [0.15, 0.2) is 93.2 Å². The van der Waals surface area contributed by atoms with E-state index in [4.69, 9.17) is 51.6 Å². The third kappa shape index (κ3) is 5.55. The Morgan fingerprint density at radius 3 is 2.34 bits per heavy atom. The van der Waals surface area contributed by atoms with Gasteiger partial charge in [-0.3, -0.25) is 4.79 Å². The maximum Gasteiger partial charge on any atom is 0.282 e. The maximum atomic E-state index is 13.7. The van der Waals surface area contributed by atoms with Gasteiger partial charge in [0.1, 0.15) is 17.9 Å². The fourth-order valence-corrected chi connectivity index (χ4v) is 5.21. The smallest absolute Gasteiger partial charge is 0.282 e. The van der Waals surface area contributed by atoms with Gasteiger partial charge in [0.2, 0.25) is 11.6 Å². The second kappa shape index (κ2) is 12.3. The zero-order valence-electron chi connectivity index (χ0n) is 23.8. The highest BCUT2D eigenvalue weighted by Crippen LogP contribution is 2.39. The van der Waals surface area contributed by atoms with Crippen LogP contribution in [0.2, 0.25) is 10.0 Å². The molecule has 0 saturated carbocycles. The fourth-order valence-electron chi connectivity index (χ4n) is 4.74. The number of rotatable bonds is 9. The van der Waals surface area contributed by atoms with Crippen LogP contribution in [0.3, 0.4) is 0 Å². The molecule has 2 heterocycles. The highest BCUT2D eigenvalue weighted by molar-refractivity contribution is 6.35. The van der Waals surface area contributed by atoms with Crippen LogP contribution in [0, 0.1) is 0 Å². The lowest BCUT2D eigenvalue weighted by molar-refractivity contribution is 0.266. The van der Waals surface area contributed by atoms with E-state index in [-0.39, 0.29) is 18.0 Å². The number of methoxy groups -OCH3 is 3. The molecule has 0 aliphatic rings. The summed E-state index contributed by atoms with van der Waals surface area (Å²) in [5, 5.41) is 6.71. The Hall–Kier alpha value is -4.99. The first kappa shape index (κ1) is 29.1. The molecular formula is C33H25Cl2N3O6. The van der Waals surface area contributed by atoms with Gasteiger partial charge < -0.3 is 23.4 Å². The molecule has 0 saturated heterocycles. The molecule has 2 aromatic heterocycles. The summed E-state index contributed by atoms with van der Waals surface area (Å²) >= 11 is 12.3. The largest absolute Gasteiger partial charge is 0.496 e. The summed E-state index contributed by atoms with van der Waals surface area (Å²) < 4.78 is 30.1. The summed E-state index contributed by atoms with van der Waals surface area (Å²) in [6.07, 6.45) is 1.51. The predicted molar refractivity (Wildman–Crippen MR) is 171 cm³/mol. The van der Waals surface area contributed by atoms with Crippen LogP contribution in [-0.2, 0) is 6.61 Å². The first-order chi connectivity index (χ1) is 21.4. The lowest BCUT2D eigenvalue weighted by Gasteiger charge is -2.16. The molecule has 0 amide bonds.